The zero-order chi connectivity index (χ0) is 13.8. The summed E-state index contributed by atoms with van der Waals surface area (Å²) in [5, 5.41) is 0. The Hall–Kier alpha value is -1.75. The fourth-order valence-electron chi connectivity index (χ4n) is 1.57. The van der Waals surface area contributed by atoms with E-state index in [1.807, 2.05) is 0 Å². The average Bonchev–Trinajstić information content (AvgIpc) is 2.40. The molecule has 98 valence electrons. The molecule has 5 heteroatoms. The summed E-state index contributed by atoms with van der Waals surface area (Å²) >= 11 is 3.21. The molecule has 2 rings (SSSR count). The van der Waals surface area contributed by atoms with Crippen LogP contribution in [0.5, 0.6) is 5.75 Å². The van der Waals surface area contributed by atoms with E-state index in [0.717, 1.165) is 0 Å². The van der Waals surface area contributed by atoms with Crippen molar-refractivity contribution in [3.63, 3.8) is 0 Å². The van der Waals surface area contributed by atoms with Gasteiger partial charge in [-0.3, -0.25) is 4.79 Å². The summed E-state index contributed by atoms with van der Waals surface area (Å²) in [5.74, 6) is -1.27. The highest BCUT2D eigenvalue weighted by atomic mass is 79.9. The molecule has 0 heterocycles. The molecule has 0 fully saturated rings. The largest absolute Gasteiger partial charge is 0.485 e. The fourth-order valence-corrected chi connectivity index (χ4v) is 1.98. The van der Waals surface area contributed by atoms with Gasteiger partial charge in [0.15, 0.2) is 17.9 Å². The average molecular weight is 327 g/mol. The number of hydrogen-bond donors (Lipinski definition) is 0. The molecule has 0 aliphatic heterocycles. The molecule has 2 nitrogen and oxygen atoms in total. The predicted molar refractivity (Wildman–Crippen MR) is 70.2 cm³/mol. The molecule has 0 unspecified atom stereocenters. The highest BCUT2D eigenvalue weighted by molar-refractivity contribution is 9.10. The van der Waals surface area contributed by atoms with Crippen LogP contribution in [0.2, 0.25) is 0 Å². The van der Waals surface area contributed by atoms with Gasteiger partial charge in [0.05, 0.1) is 5.56 Å². The Labute approximate surface area is 117 Å². The highest BCUT2D eigenvalue weighted by Crippen LogP contribution is 2.23. The van der Waals surface area contributed by atoms with Crippen molar-refractivity contribution >= 4 is 22.2 Å². The van der Waals surface area contributed by atoms with Crippen LogP contribution in [0.15, 0.2) is 40.9 Å². The quantitative estimate of drug-likeness (QED) is 0.790. The van der Waals surface area contributed by atoms with Crippen molar-refractivity contribution in [2.24, 2.45) is 0 Å². The Morgan fingerprint density at radius 2 is 1.95 bits per heavy atom. The van der Waals surface area contributed by atoms with Gasteiger partial charge in [0.25, 0.3) is 0 Å². The Morgan fingerprint density at radius 1 is 1.16 bits per heavy atom. The number of carbonyl (C=O) groups excluding carboxylic acids is 1. The zero-order valence-electron chi connectivity index (χ0n) is 9.70. The number of ether oxygens (including phenoxy) is 1. The fraction of sp³-hybridized carbons (Fsp3) is 0.0714. The Balaban J connectivity index is 2.23. The van der Waals surface area contributed by atoms with Gasteiger partial charge in [-0.05, 0) is 30.3 Å². The lowest BCUT2D eigenvalue weighted by atomic mass is 10.2. The van der Waals surface area contributed by atoms with Crippen LogP contribution in [0.1, 0.15) is 15.9 Å². The molecule has 0 aliphatic carbocycles. The molecule has 2 aromatic rings. The summed E-state index contributed by atoms with van der Waals surface area (Å²) < 4.78 is 32.9. The van der Waals surface area contributed by atoms with Gasteiger partial charge in [0.1, 0.15) is 12.4 Å². The minimum Gasteiger partial charge on any atom is -0.485 e. The smallest absolute Gasteiger partial charge is 0.165 e. The second-order valence-electron chi connectivity index (χ2n) is 3.80. The van der Waals surface area contributed by atoms with E-state index >= 15 is 0 Å². The number of para-hydroxylation sites is 1. The standard InChI is InChI=1S/C14H9BrF2O2/c15-11-4-5-12(16)10(6-11)8-19-14-9(7-18)2-1-3-13(14)17/h1-7H,8H2. The van der Waals surface area contributed by atoms with Crippen molar-refractivity contribution in [1.82, 2.24) is 0 Å². The number of benzene rings is 2. The lowest BCUT2D eigenvalue weighted by molar-refractivity contribution is 0.111. The van der Waals surface area contributed by atoms with Gasteiger partial charge in [-0.25, -0.2) is 8.78 Å². The van der Waals surface area contributed by atoms with Crippen molar-refractivity contribution in [2.45, 2.75) is 6.61 Å². The van der Waals surface area contributed by atoms with E-state index in [2.05, 4.69) is 15.9 Å². The van der Waals surface area contributed by atoms with Gasteiger partial charge < -0.3 is 4.74 Å². The first-order valence-electron chi connectivity index (χ1n) is 5.42. The van der Waals surface area contributed by atoms with E-state index in [0.29, 0.717) is 10.8 Å². The number of aldehydes is 1. The Morgan fingerprint density at radius 3 is 2.68 bits per heavy atom. The number of hydrogen-bond acceptors (Lipinski definition) is 2. The van der Waals surface area contributed by atoms with Gasteiger partial charge in [-0.1, -0.05) is 22.0 Å². The normalized spacial score (nSPS) is 10.3. The van der Waals surface area contributed by atoms with Crippen LogP contribution in [-0.4, -0.2) is 6.29 Å². The topological polar surface area (TPSA) is 26.3 Å². The van der Waals surface area contributed by atoms with E-state index in [4.69, 9.17) is 4.74 Å². The van der Waals surface area contributed by atoms with E-state index in [-0.39, 0.29) is 23.5 Å². The number of rotatable bonds is 4. The van der Waals surface area contributed by atoms with E-state index in [9.17, 15) is 13.6 Å². The summed E-state index contributed by atoms with van der Waals surface area (Å²) in [6.45, 7) is -0.160. The van der Waals surface area contributed by atoms with Crippen molar-refractivity contribution < 1.29 is 18.3 Å². The minimum atomic E-state index is -0.653. The van der Waals surface area contributed by atoms with Crippen LogP contribution in [-0.2, 0) is 6.61 Å². The second-order valence-corrected chi connectivity index (χ2v) is 4.72. The summed E-state index contributed by atoms with van der Waals surface area (Å²) in [5.41, 5.74) is 0.366. The molecule has 0 aromatic heterocycles. The SMILES string of the molecule is O=Cc1cccc(F)c1OCc1cc(Br)ccc1F. The minimum absolute atomic E-state index is 0.0930. The molecule has 2 aromatic carbocycles. The van der Waals surface area contributed by atoms with E-state index < -0.39 is 11.6 Å². The molecule has 0 radical (unpaired) electrons. The molecule has 0 saturated carbocycles. The molecule has 0 N–H and O–H groups in total. The van der Waals surface area contributed by atoms with E-state index in [1.165, 1.54) is 30.3 Å². The molecule has 0 aliphatic rings. The van der Waals surface area contributed by atoms with Gasteiger partial charge in [0.2, 0.25) is 0 Å². The van der Waals surface area contributed by atoms with Crippen molar-refractivity contribution in [3.05, 3.63) is 63.6 Å². The lowest BCUT2D eigenvalue weighted by Crippen LogP contribution is -2.02. The predicted octanol–water partition coefficient (Wildman–Crippen LogP) is 4.12. The first kappa shape index (κ1) is 13.7. The van der Waals surface area contributed by atoms with Crippen LogP contribution in [0.25, 0.3) is 0 Å². The van der Waals surface area contributed by atoms with Gasteiger partial charge >= 0.3 is 0 Å². The van der Waals surface area contributed by atoms with Gasteiger partial charge in [-0.15, -0.1) is 0 Å². The van der Waals surface area contributed by atoms with Crippen molar-refractivity contribution in [3.8, 4) is 5.75 Å². The molecular formula is C14H9BrF2O2. The number of carbonyl (C=O) groups is 1. The lowest BCUT2D eigenvalue weighted by Gasteiger charge is -2.10. The van der Waals surface area contributed by atoms with Crippen molar-refractivity contribution in [2.75, 3.05) is 0 Å². The summed E-state index contributed by atoms with van der Waals surface area (Å²) in [4.78, 5) is 10.8. The van der Waals surface area contributed by atoms with Crippen LogP contribution in [0.4, 0.5) is 8.78 Å². The maximum absolute atomic E-state index is 13.5. The molecule has 19 heavy (non-hydrogen) atoms. The van der Waals surface area contributed by atoms with Gasteiger partial charge in [-0.2, -0.15) is 0 Å². The molecule has 0 amide bonds. The zero-order valence-corrected chi connectivity index (χ0v) is 11.3. The first-order valence-corrected chi connectivity index (χ1v) is 6.21. The molecule has 0 atom stereocenters. The number of halogens is 3. The Bertz CT molecular complexity index is 614. The monoisotopic (exact) mass is 326 g/mol. The van der Waals surface area contributed by atoms with Crippen LogP contribution in [0, 0.1) is 11.6 Å². The maximum atomic E-state index is 13.5. The third-order valence-corrected chi connectivity index (χ3v) is 3.00. The summed E-state index contributed by atoms with van der Waals surface area (Å²) in [7, 11) is 0. The van der Waals surface area contributed by atoms with E-state index in [1.54, 1.807) is 6.07 Å². The van der Waals surface area contributed by atoms with Gasteiger partial charge in [0, 0.05) is 10.0 Å². The summed E-state index contributed by atoms with van der Waals surface area (Å²) in [6, 6.07) is 8.40. The summed E-state index contributed by atoms with van der Waals surface area (Å²) in [6.07, 6.45) is 0.496. The first-order chi connectivity index (χ1) is 9.11. The molecule has 0 spiro atoms. The van der Waals surface area contributed by atoms with Crippen LogP contribution < -0.4 is 4.74 Å². The van der Waals surface area contributed by atoms with Crippen LogP contribution in [0.3, 0.4) is 0 Å². The molecule has 0 bridgehead atoms. The molecular weight excluding hydrogens is 318 g/mol. The third-order valence-electron chi connectivity index (χ3n) is 2.50. The maximum Gasteiger partial charge on any atom is 0.165 e. The third kappa shape index (κ3) is 3.17. The van der Waals surface area contributed by atoms with Crippen LogP contribution >= 0.6 is 15.9 Å². The highest BCUT2D eigenvalue weighted by Gasteiger charge is 2.11. The Kier molecular flexibility index (Phi) is 4.27. The molecule has 0 saturated heterocycles. The van der Waals surface area contributed by atoms with Crippen molar-refractivity contribution in [1.29, 1.82) is 0 Å². The second kappa shape index (κ2) is 5.93.